The Bertz CT molecular complexity index is 1320. The number of hydrogen-bond donors (Lipinski definition) is 1. The molecule has 33 heavy (non-hydrogen) atoms. The maximum absolute atomic E-state index is 13.1. The summed E-state index contributed by atoms with van der Waals surface area (Å²) in [6, 6.07) is 17.8. The number of nitrogens with one attached hydrogen (secondary N) is 1. The molecule has 0 aliphatic heterocycles. The van der Waals surface area contributed by atoms with Crippen LogP contribution in [0, 0.1) is 0 Å². The largest absolute Gasteiger partial charge is 0.497 e. The monoisotopic (exact) mass is 444 g/mol. The van der Waals surface area contributed by atoms with Gasteiger partial charge < -0.3 is 14.6 Å². The van der Waals surface area contributed by atoms with Gasteiger partial charge in [0.05, 0.1) is 13.4 Å². The summed E-state index contributed by atoms with van der Waals surface area (Å²) in [5, 5.41) is 2.99. The molecule has 0 aliphatic carbocycles. The van der Waals surface area contributed by atoms with E-state index in [4.69, 9.17) is 4.74 Å². The molecule has 7 nitrogen and oxygen atoms in total. The summed E-state index contributed by atoms with van der Waals surface area (Å²) in [5.74, 6) is 0.525. The summed E-state index contributed by atoms with van der Waals surface area (Å²) in [6.07, 6.45) is 5.03. The fourth-order valence-electron chi connectivity index (χ4n) is 4.00. The Balaban J connectivity index is 1.49. The highest BCUT2D eigenvalue weighted by atomic mass is 16.5. The Morgan fingerprint density at radius 1 is 1.15 bits per heavy atom. The average molecular weight is 445 g/mol. The summed E-state index contributed by atoms with van der Waals surface area (Å²) in [5.41, 5.74) is 3.80. The minimum atomic E-state index is -0.247. The normalized spacial score (nSPS) is 12.0. The van der Waals surface area contributed by atoms with Crippen molar-refractivity contribution >= 4 is 16.9 Å². The maximum Gasteiger partial charge on any atom is 0.278 e. The van der Waals surface area contributed by atoms with Gasteiger partial charge in [-0.05, 0) is 43.0 Å². The molecule has 0 bridgehead atoms. The van der Waals surface area contributed by atoms with E-state index in [1.54, 1.807) is 11.7 Å². The zero-order valence-electron chi connectivity index (χ0n) is 19.1. The number of methoxy groups -OCH3 is 1. The van der Waals surface area contributed by atoms with Crippen LogP contribution in [-0.2, 0) is 24.8 Å². The van der Waals surface area contributed by atoms with E-state index in [1.165, 1.54) is 16.5 Å². The van der Waals surface area contributed by atoms with Crippen molar-refractivity contribution in [1.29, 1.82) is 0 Å². The van der Waals surface area contributed by atoms with Crippen molar-refractivity contribution in [2.24, 2.45) is 7.05 Å². The van der Waals surface area contributed by atoms with Crippen LogP contribution < -0.4 is 15.6 Å². The maximum atomic E-state index is 13.1. The molecule has 0 unspecified atom stereocenters. The fourth-order valence-corrected chi connectivity index (χ4v) is 4.00. The number of amides is 1. The highest BCUT2D eigenvalue weighted by Gasteiger charge is 2.17. The van der Waals surface area contributed by atoms with Crippen LogP contribution in [0.15, 0.2) is 71.9 Å². The van der Waals surface area contributed by atoms with Gasteiger partial charge in [0.2, 0.25) is 5.91 Å². The third kappa shape index (κ3) is 4.98. The molecule has 2 aromatic carbocycles. The summed E-state index contributed by atoms with van der Waals surface area (Å²) in [6.45, 7) is 1.90. The number of aryl methyl sites for hydroxylation is 2. The number of benzene rings is 2. The zero-order chi connectivity index (χ0) is 23.4. The molecule has 0 saturated carbocycles. The number of rotatable bonds is 8. The van der Waals surface area contributed by atoms with Crippen LogP contribution in [-0.4, -0.2) is 33.2 Å². The lowest BCUT2D eigenvalue weighted by molar-refractivity contribution is -0.122. The fraction of sp³-hybridized carbons (Fsp3) is 0.269. The van der Waals surface area contributed by atoms with E-state index in [9.17, 15) is 9.59 Å². The van der Waals surface area contributed by atoms with Gasteiger partial charge in [0, 0.05) is 24.8 Å². The van der Waals surface area contributed by atoms with Crippen molar-refractivity contribution in [3.8, 4) is 16.9 Å². The zero-order valence-corrected chi connectivity index (χ0v) is 19.1. The standard InChI is InChI=1S/C26H28N4O3/c1-18(12-13-19-8-5-4-6-9-19)28-23(31)16-30-17-27-24-22(15-29(2)25(24)26(30)32)20-10-7-11-21(14-20)33-3/h4-11,14-15,17-18H,12-13,16H2,1-3H3,(H,28,31)/t18-/m0/s1. The summed E-state index contributed by atoms with van der Waals surface area (Å²) in [4.78, 5) is 30.3. The molecule has 7 heteroatoms. The quantitative estimate of drug-likeness (QED) is 0.451. The van der Waals surface area contributed by atoms with E-state index in [-0.39, 0.29) is 24.1 Å². The van der Waals surface area contributed by atoms with E-state index in [2.05, 4.69) is 22.4 Å². The lowest BCUT2D eigenvalue weighted by atomic mass is 10.1. The molecular weight excluding hydrogens is 416 g/mol. The van der Waals surface area contributed by atoms with E-state index in [0.717, 1.165) is 29.7 Å². The predicted molar refractivity (Wildman–Crippen MR) is 129 cm³/mol. The van der Waals surface area contributed by atoms with Crippen molar-refractivity contribution in [2.45, 2.75) is 32.4 Å². The molecule has 2 heterocycles. The molecule has 2 aromatic heterocycles. The highest BCUT2D eigenvalue weighted by Crippen LogP contribution is 2.29. The first kappa shape index (κ1) is 22.3. The molecule has 4 rings (SSSR count). The first-order chi connectivity index (χ1) is 16.0. The number of hydrogen-bond acceptors (Lipinski definition) is 4. The third-order valence-corrected chi connectivity index (χ3v) is 5.76. The Hall–Kier alpha value is -3.87. The van der Waals surface area contributed by atoms with Gasteiger partial charge in [0.25, 0.3) is 5.56 Å². The lowest BCUT2D eigenvalue weighted by Gasteiger charge is -2.14. The van der Waals surface area contributed by atoms with Crippen molar-refractivity contribution in [3.05, 3.63) is 83.0 Å². The number of carbonyl (C=O) groups excluding carboxylic acids is 1. The van der Waals surface area contributed by atoms with E-state index in [1.807, 2.05) is 62.6 Å². The molecule has 0 spiro atoms. The first-order valence-corrected chi connectivity index (χ1v) is 11.0. The molecule has 0 fully saturated rings. The van der Waals surface area contributed by atoms with Crippen LogP contribution in [0.2, 0.25) is 0 Å². The number of fused-ring (bicyclic) bond motifs is 1. The van der Waals surface area contributed by atoms with Gasteiger partial charge in [-0.2, -0.15) is 0 Å². The van der Waals surface area contributed by atoms with Gasteiger partial charge in [-0.3, -0.25) is 14.2 Å². The Labute approximate surface area is 192 Å². The van der Waals surface area contributed by atoms with Crippen molar-refractivity contribution < 1.29 is 9.53 Å². The van der Waals surface area contributed by atoms with E-state index >= 15 is 0 Å². The van der Waals surface area contributed by atoms with Gasteiger partial charge in [0.15, 0.2) is 0 Å². The molecule has 0 saturated heterocycles. The smallest absolute Gasteiger partial charge is 0.278 e. The van der Waals surface area contributed by atoms with Crippen LogP contribution in [0.1, 0.15) is 18.9 Å². The molecule has 0 aliphatic rings. The van der Waals surface area contributed by atoms with Gasteiger partial charge in [0.1, 0.15) is 23.3 Å². The second kappa shape index (κ2) is 9.73. The molecule has 1 amide bonds. The average Bonchev–Trinajstić information content (AvgIpc) is 3.17. The third-order valence-electron chi connectivity index (χ3n) is 5.76. The van der Waals surface area contributed by atoms with E-state index in [0.29, 0.717) is 11.0 Å². The number of aromatic nitrogens is 3. The van der Waals surface area contributed by atoms with Gasteiger partial charge in [-0.1, -0.05) is 42.5 Å². The lowest BCUT2D eigenvalue weighted by Crippen LogP contribution is -2.37. The van der Waals surface area contributed by atoms with Crippen LogP contribution in [0.4, 0.5) is 0 Å². The minimum absolute atomic E-state index is 0.000187. The van der Waals surface area contributed by atoms with Crippen LogP contribution in [0.5, 0.6) is 5.75 Å². The Kier molecular flexibility index (Phi) is 6.58. The second-order valence-electron chi connectivity index (χ2n) is 8.25. The number of nitrogens with zero attached hydrogens (tertiary/aromatic N) is 3. The van der Waals surface area contributed by atoms with Crippen LogP contribution >= 0.6 is 0 Å². The molecule has 1 N–H and O–H groups in total. The molecule has 0 radical (unpaired) electrons. The molecule has 170 valence electrons. The summed E-state index contributed by atoms with van der Waals surface area (Å²) < 4.78 is 8.44. The Morgan fingerprint density at radius 3 is 2.70 bits per heavy atom. The first-order valence-electron chi connectivity index (χ1n) is 11.0. The van der Waals surface area contributed by atoms with Gasteiger partial charge in [-0.25, -0.2) is 4.98 Å². The number of ether oxygens (including phenoxy) is 1. The topological polar surface area (TPSA) is 78.1 Å². The molecule has 1 atom stereocenters. The van der Waals surface area contributed by atoms with Crippen molar-refractivity contribution in [3.63, 3.8) is 0 Å². The summed E-state index contributed by atoms with van der Waals surface area (Å²) in [7, 11) is 3.43. The SMILES string of the molecule is COc1cccc(-c2cn(C)c3c(=O)n(CC(=O)N[C@@H](C)CCc4ccccc4)cnc23)c1. The summed E-state index contributed by atoms with van der Waals surface area (Å²) >= 11 is 0. The number of carbonyl (C=O) groups is 1. The Morgan fingerprint density at radius 2 is 1.94 bits per heavy atom. The highest BCUT2D eigenvalue weighted by molar-refractivity contribution is 5.92. The van der Waals surface area contributed by atoms with Crippen LogP contribution in [0.25, 0.3) is 22.2 Å². The predicted octanol–water partition coefficient (Wildman–Crippen LogP) is 3.55. The molecular formula is C26H28N4O3. The van der Waals surface area contributed by atoms with Crippen molar-refractivity contribution in [1.82, 2.24) is 19.4 Å². The second-order valence-corrected chi connectivity index (χ2v) is 8.25. The van der Waals surface area contributed by atoms with Crippen LogP contribution in [0.3, 0.4) is 0 Å². The van der Waals surface area contributed by atoms with Crippen molar-refractivity contribution in [2.75, 3.05) is 7.11 Å². The van der Waals surface area contributed by atoms with E-state index < -0.39 is 0 Å². The van der Waals surface area contributed by atoms with Gasteiger partial charge >= 0.3 is 0 Å². The molecule has 4 aromatic rings. The minimum Gasteiger partial charge on any atom is -0.497 e. The van der Waals surface area contributed by atoms with Gasteiger partial charge in [-0.15, -0.1) is 0 Å².